The van der Waals surface area contributed by atoms with Gasteiger partial charge in [0.1, 0.15) is 5.75 Å². The molecule has 4 aromatic rings. The third-order valence-electron chi connectivity index (χ3n) is 7.17. The molecule has 3 aromatic carbocycles. The fourth-order valence-electron chi connectivity index (χ4n) is 5.04. The van der Waals surface area contributed by atoms with E-state index in [1.54, 1.807) is 27.7 Å². The number of rotatable bonds is 12. The highest BCUT2D eigenvalue weighted by Gasteiger charge is 2.39. The number of carbonyl (C=O) groups excluding carboxylic acids is 1. The second kappa shape index (κ2) is 12.2. The van der Waals surface area contributed by atoms with Crippen LogP contribution in [0.15, 0.2) is 73.1 Å². The molecule has 5 rings (SSSR count). The molecule has 0 unspecified atom stereocenters. The Morgan fingerprint density at radius 2 is 1.67 bits per heavy atom. The van der Waals surface area contributed by atoms with Crippen molar-refractivity contribution in [3.63, 3.8) is 0 Å². The molecule has 0 aliphatic carbocycles. The lowest BCUT2D eigenvalue weighted by molar-refractivity contribution is 0.190. The average molecular weight is 530 g/mol. The standard InChI is InChI=1S/C30H35N5O4/c1-37-16-14-33(15-17-38-2)24-8-6-23(7-9-24)29-20-34(19-22-4-11-26(39-3)12-5-22)30(36)35(29)25-10-13-27-28(18-25)32-21-31-27/h4-13,18,21,29H,14-17,19-20H2,1-3H3,(H,31,32)/t29-/m1/s1. The Balaban J connectivity index is 1.44. The summed E-state index contributed by atoms with van der Waals surface area (Å²) >= 11 is 0. The Hall–Kier alpha value is -4.08. The molecule has 1 aliphatic heterocycles. The number of nitrogens with zero attached hydrogens (tertiary/aromatic N) is 4. The van der Waals surface area contributed by atoms with Crippen molar-refractivity contribution in [2.24, 2.45) is 0 Å². The van der Waals surface area contributed by atoms with E-state index >= 15 is 0 Å². The molecule has 0 radical (unpaired) electrons. The van der Waals surface area contributed by atoms with Crippen LogP contribution in [0.2, 0.25) is 0 Å². The quantitative estimate of drug-likeness (QED) is 0.282. The van der Waals surface area contributed by atoms with E-state index in [1.165, 1.54) is 0 Å². The van der Waals surface area contributed by atoms with E-state index in [1.807, 2.05) is 52.3 Å². The molecule has 1 N–H and O–H groups in total. The number of anilines is 2. The van der Waals surface area contributed by atoms with Gasteiger partial charge in [0.05, 0.1) is 43.7 Å². The van der Waals surface area contributed by atoms with E-state index in [-0.39, 0.29) is 12.1 Å². The van der Waals surface area contributed by atoms with Crippen molar-refractivity contribution in [1.29, 1.82) is 0 Å². The minimum atomic E-state index is -0.142. The topological polar surface area (TPSA) is 83.2 Å². The molecule has 204 valence electrons. The lowest BCUT2D eigenvalue weighted by Gasteiger charge is -2.26. The van der Waals surface area contributed by atoms with Crippen molar-refractivity contribution >= 4 is 28.4 Å². The number of benzene rings is 3. The van der Waals surface area contributed by atoms with Gasteiger partial charge in [-0.2, -0.15) is 0 Å². The molecule has 1 saturated heterocycles. The van der Waals surface area contributed by atoms with Gasteiger partial charge in [-0.25, -0.2) is 9.78 Å². The molecule has 2 amide bonds. The first-order valence-electron chi connectivity index (χ1n) is 13.1. The number of carbonyl (C=O) groups is 1. The Kier molecular flexibility index (Phi) is 8.29. The fourth-order valence-corrected chi connectivity index (χ4v) is 5.04. The second-order valence-corrected chi connectivity index (χ2v) is 9.57. The van der Waals surface area contributed by atoms with Crippen LogP contribution < -0.4 is 14.5 Å². The summed E-state index contributed by atoms with van der Waals surface area (Å²) in [6.45, 7) is 3.89. The fraction of sp³-hybridized carbons (Fsp3) is 0.333. The number of hydrogen-bond acceptors (Lipinski definition) is 6. The van der Waals surface area contributed by atoms with Crippen LogP contribution in [0.3, 0.4) is 0 Å². The van der Waals surface area contributed by atoms with Gasteiger partial charge in [0.15, 0.2) is 0 Å². The smallest absolute Gasteiger partial charge is 0.325 e. The number of methoxy groups -OCH3 is 3. The third-order valence-corrected chi connectivity index (χ3v) is 7.17. The molecule has 0 bridgehead atoms. The Labute approximate surface area is 228 Å². The molecule has 9 heteroatoms. The van der Waals surface area contributed by atoms with Gasteiger partial charge in [0.2, 0.25) is 0 Å². The predicted molar refractivity (Wildman–Crippen MR) is 153 cm³/mol. The van der Waals surface area contributed by atoms with Gasteiger partial charge in [-0.1, -0.05) is 24.3 Å². The molecular formula is C30H35N5O4. The molecular weight excluding hydrogens is 494 g/mol. The summed E-state index contributed by atoms with van der Waals surface area (Å²) in [5.74, 6) is 0.795. The maximum absolute atomic E-state index is 13.9. The number of H-pyrrole nitrogens is 1. The minimum absolute atomic E-state index is 0.0272. The van der Waals surface area contributed by atoms with E-state index in [0.29, 0.717) is 26.3 Å². The highest BCUT2D eigenvalue weighted by Crippen LogP contribution is 2.37. The number of urea groups is 1. The van der Waals surface area contributed by atoms with Crippen LogP contribution in [0, 0.1) is 0 Å². The summed E-state index contributed by atoms with van der Waals surface area (Å²) in [6.07, 6.45) is 1.67. The minimum Gasteiger partial charge on any atom is -0.497 e. The largest absolute Gasteiger partial charge is 0.497 e. The zero-order valence-corrected chi connectivity index (χ0v) is 22.7. The number of nitrogens with one attached hydrogen (secondary N) is 1. The first kappa shape index (κ1) is 26.5. The van der Waals surface area contributed by atoms with Gasteiger partial charge in [0, 0.05) is 51.8 Å². The number of fused-ring (bicyclic) bond motifs is 1. The van der Waals surface area contributed by atoms with Crippen molar-refractivity contribution in [2.75, 3.05) is 64.0 Å². The maximum Gasteiger partial charge on any atom is 0.325 e. The molecule has 1 aliphatic rings. The van der Waals surface area contributed by atoms with Crippen molar-refractivity contribution in [3.8, 4) is 5.75 Å². The first-order chi connectivity index (χ1) is 19.1. The van der Waals surface area contributed by atoms with Crippen LogP contribution in [0.5, 0.6) is 5.75 Å². The van der Waals surface area contributed by atoms with Crippen molar-refractivity contribution in [1.82, 2.24) is 14.9 Å². The normalized spacial score (nSPS) is 15.4. The SMILES string of the molecule is COCCN(CCOC)c1ccc([C@H]2CN(Cc3ccc(OC)cc3)C(=O)N2c2ccc3nc[nH]c3c2)cc1. The molecule has 0 saturated carbocycles. The number of aromatic amines is 1. The van der Waals surface area contributed by atoms with Gasteiger partial charge < -0.3 is 29.0 Å². The Morgan fingerprint density at radius 3 is 2.33 bits per heavy atom. The Morgan fingerprint density at radius 1 is 0.949 bits per heavy atom. The van der Waals surface area contributed by atoms with Gasteiger partial charge in [-0.3, -0.25) is 4.90 Å². The molecule has 1 aromatic heterocycles. The maximum atomic E-state index is 13.9. The summed E-state index contributed by atoms with van der Waals surface area (Å²) in [5, 5.41) is 0. The molecule has 1 fully saturated rings. The van der Waals surface area contributed by atoms with Crippen LogP contribution >= 0.6 is 0 Å². The van der Waals surface area contributed by atoms with E-state index in [0.717, 1.165) is 52.4 Å². The van der Waals surface area contributed by atoms with E-state index in [9.17, 15) is 4.79 Å². The van der Waals surface area contributed by atoms with E-state index in [4.69, 9.17) is 14.2 Å². The summed E-state index contributed by atoms with van der Waals surface area (Å²) in [5.41, 5.74) is 5.83. The molecule has 1 atom stereocenters. The monoisotopic (exact) mass is 529 g/mol. The lowest BCUT2D eigenvalue weighted by Crippen LogP contribution is -2.32. The average Bonchev–Trinajstić information content (AvgIpc) is 3.57. The van der Waals surface area contributed by atoms with Gasteiger partial charge in [-0.15, -0.1) is 0 Å². The van der Waals surface area contributed by atoms with Gasteiger partial charge in [0.25, 0.3) is 0 Å². The number of ether oxygens (including phenoxy) is 3. The number of imidazole rings is 1. The van der Waals surface area contributed by atoms with Crippen LogP contribution in [0.4, 0.5) is 16.2 Å². The molecule has 9 nitrogen and oxygen atoms in total. The van der Waals surface area contributed by atoms with E-state index < -0.39 is 0 Å². The lowest BCUT2D eigenvalue weighted by atomic mass is 10.0. The molecule has 0 spiro atoms. The highest BCUT2D eigenvalue weighted by molar-refractivity contribution is 5.97. The highest BCUT2D eigenvalue weighted by atomic mass is 16.5. The zero-order chi connectivity index (χ0) is 27.2. The Bertz CT molecular complexity index is 1360. The van der Waals surface area contributed by atoms with Crippen molar-refractivity contribution in [2.45, 2.75) is 12.6 Å². The van der Waals surface area contributed by atoms with Crippen LogP contribution in [0.1, 0.15) is 17.2 Å². The van der Waals surface area contributed by atoms with Crippen molar-refractivity contribution in [3.05, 3.63) is 84.2 Å². The van der Waals surface area contributed by atoms with E-state index in [2.05, 4.69) is 39.1 Å². The third kappa shape index (κ3) is 5.84. The summed E-state index contributed by atoms with van der Waals surface area (Å²) in [4.78, 5) is 27.4. The van der Waals surface area contributed by atoms with Crippen LogP contribution in [-0.4, -0.2) is 75.1 Å². The van der Waals surface area contributed by atoms with Crippen LogP contribution in [-0.2, 0) is 16.0 Å². The summed E-state index contributed by atoms with van der Waals surface area (Å²) < 4.78 is 15.9. The molecule has 2 heterocycles. The predicted octanol–water partition coefficient (Wildman–Crippen LogP) is 4.85. The number of hydrogen-bond donors (Lipinski definition) is 1. The zero-order valence-electron chi connectivity index (χ0n) is 22.7. The summed E-state index contributed by atoms with van der Waals surface area (Å²) in [7, 11) is 5.07. The molecule has 39 heavy (non-hydrogen) atoms. The number of aromatic nitrogens is 2. The first-order valence-corrected chi connectivity index (χ1v) is 13.1. The van der Waals surface area contributed by atoms with Crippen LogP contribution in [0.25, 0.3) is 11.0 Å². The number of amides is 2. The van der Waals surface area contributed by atoms with Gasteiger partial charge >= 0.3 is 6.03 Å². The van der Waals surface area contributed by atoms with Crippen molar-refractivity contribution < 1.29 is 19.0 Å². The second-order valence-electron chi connectivity index (χ2n) is 9.57. The summed E-state index contributed by atoms with van der Waals surface area (Å²) in [6, 6.07) is 22.1. The van der Waals surface area contributed by atoms with Gasteiger partial charge in [-0.05, 0) is 53.6 Å².